The summed E-state index contributed by atoms with van der Waals surface area (Å²) in [4.78, 5) is 10.9. The van der Waals surface area contributed by atoms with E-state index in [4.69, 9.17) is 9.84 Å². The van der Waals surface area contributed by atoms with Gasteiger partial charge in [-0.3, -0.25) is 0 Å². The van der Waals surface area contributed by atoms with Crippen LogP contribution in [-0.4, -0.2) is 11.1 Å². The molecule has 110 valence electrons. The van der Waals surface area contributed by atoms with Crippen LogP contribution in [0, 0.1) is 26.6 Å². The summed E-state index contributed by atoms with van der Waals surface area (Å²) >= 11 is 0. The predicted octanol–water partition coefficient (Wildman–Crippen LogP) is 4.03. The van der Waals surface area contributed by atoms with Crippen LogP contribution in [0.15, 0.2) is 30.3 Å². The molecule has 0 fully saturated rings. The maximum atomic E-state index is 13.4. The van der Waals surface area contributed by atoms with E-state index in [1.165, 1.54) is 17.7 Å². The monoisotopic (exact) mass is 288 g/mol. The molecule has 0 spiro atoms. The number of aryl methyl sites for hydroxylation is 3. The van der Waals surface area contributed by atoms with Crippen molar-refractivity contribution < 1.29 is 19.0 Å². The van der Waals surface area contributed by atoms with Gasteiger partial charge in [0.2, 0.25) is 0 Å². The summed E-state index contributed by atoms with van der Waals surface area (Å²) in [5.41, 5.74) is 4.28. The topological polar surface area (TPSA) is 46.5 Å². The van der Waals surface area contributed by atoms with E-state index < -0.39 is 11.8 Å². The summed E-state index contributed by atoms with van der Waals surface area (Å²) in [5.74, 6) is -1.59. The summed E-state index contributed by atoms with van der Waals surface area (Å²) in [6, 6.07) is 7.59. The van der Waals surface area contributed by atoms with Crippen molar-refractivity contribution in [3.05, 3.63) is 64.0 Å². The molecule has 0 radical (unpaired) electrons. The van der Waals surface area contributed by atoms with Gasteiger partial charge in [0.1, 0.15) is 18.2 Å². The molecule has 1 N–H and O–H groups in total. The quantitative estimate of drug-likeness (QED) is 0.924. The number of rotatable bonds is 4. The first-order chi connectivity index (χ1) is 9.86. The SMILES string of the molecule is Cc1cc(C)c(COc2cc(F)cc(C(=O)O)c2)c(C)c1. The Labute approximate surface area is 123 Å². The van der Waals surface area contributed by atoms with Crippen LogP contribution in [-0.2, 0) is 6.61 Å². The molecule has 21 heavy (non-hydrogen) atoms. The van der Waals surface area contributed by atoms with E-state index in [1.54, 1.807) is 0 Å². The summed E-state index contributed by atoms with van der Waals surface area (Å²) in [6.45, 7) is 6.29. The predicted molar refractivity (Wildman–Crippen MR) is 78.3 cm³/mol. The summed E-state index contributed by atoms with van der Waals surface area (Å²) in [6.07, 6.45) is 0. The lowest BCUT2D eigenvalue weighted by Gasteiger charge is -2.13. The van der Waals surface area contributed by atoms with Crippen molar-refractivity contribution in [2.45, 2.75) is 27.4 Å². The zero-order valence-corrected chi connectivity index (χ0v) is 12.2. The van der Waals surface area contributed by atoms with Gasteiger partial charge in [0.05, 0.1) is 5.56 Å². The second-order valence-corrected chi connectivity index (χ2v) is 5.15. The van der Waals surface area contributed by atoms with Gasteiger partial charge in [-0.2, -0.15) is 0 Å². The molecule has 4 heteroatoms. The highest BCUT2D eigenvalue weighted by atomic mass is 19.1. The van der Waals surface area contributed by atoms with Crippen molar-refractivity contribution in [1.29, 1.82) is 0 Å². The second-order valence-electron chi connectivity index (χ2n) is 5.15. The average Bonchev–Trinajstić information content (AvgIpc) is 2.36. The molecule has 0 aliphatic heterocycles. The minimum Gasteiger partial charge on any atom is -0.489 e. The number of carboxylic acids is 1. The van der Waals surface area contributed by atoms with Crippen molar-refractivity contribution in [3.63, 3.8) is 0 Å². The van der Waals surface area contributed by atoms with E-state index in [-0.39, 0.29) is 17.9 Å². The first-order valence-electron chi connectivity index (χ1n) is 6.60. The largest absolute Gasteiger partial charge is 0.489 e. The van der Waals surface area contributed by atoms with Crippen LogP contribution in [0.1, 0.15) is 32.6 Å². The third-order valence-corrected chi connectivity index (χ3v) is 3.34. The number of hydrogen-bond acceptors (Lipinski definition) is 2. The van der Waals surface area contributed by atoms with E-state index in [0.717, 1.165) is 22.8 Å². The maximum Gasteiger partial charge on any atom is 0.335 e. The molecule has 0 aliphatic carbocycles. The minimum atomic E-state index is -1.18. The number of carboxylic acid groups (broad SMARTS) is 1. The van der Waals surface area contributed by atoms with Crippen LogP contribution in [0.2, 0.25) is 0 Å². The van der Waals surface area contributed by atoms with Gasteiger partial charge >= 0.3 is 5.97 Å². The Balaban J connectivity index is 2.23. The summed E-state index contributed by atoms with van der Waals surface area (Å²) < 4.78 is 18.9. The van der Waals surface area contributed by atoms with Crippen LogP contribution in [0.25, 0.3) is 0 Å². The van der Waals surface area contributed by atoms with Crippen LogP contribution >= 0.6 is 0 Å². The first-order valence-corrected chi connectivity index (χ1v) is 6.60. The Morgan fingerprint density at radius 1 is 1.10 bits per heavy atom. The highest BCUT2D eigenvalue weighted by molar-refractivity contribution is 5.88. The maximum absolute atomic E-state index is 13.4. The first kappa shape index (κ1) is 15.0. The molecule has 2 rings (SSSR count). The highest BCUT2D eigenvalue weighted by Gasteiger charge is 2.09. The smallest absolute Gasteiger partial charge is 0.335 e. The molecule has 2 aromatic rings. The van der Waals surface area contributed by atoms with Gasteiger partial charge in [0.25, 0.3) is 0 Å². The Morgan fingerprint density at radius 3 is 2.29 bits per heavy atom. The molecule has 2 aromatic carbocycles. The number of ether oxygens (including phenoxy) is 1. The van der Waals surface area contributed by atoms with E-state index in [1.807, 2.05) is 20.8 Å². The Hall–Kier alpha value is -2.36. The van der Waals surface area contributed by atoms with Crippen LogP contribution in [0.4, 0.5) is 4.39 Å². The lowest BCUT2D eigenvalue weighted by molar-refractivity contribution is 0.0695. The third-order valence-electron chi connectivity index (χ3n) is 3.34. The molecule has 0 saturated carbocycles. The van der Waals surface area contributed by atoms with Gasteiger partial charge in [-0.15, -0.1) is 0 Å². The molecule has 0 heterocycles. The molecule has 0 bridgehead atoms. The zero-order chi connectivity index (χ0) is 15.6. The van der Waals surface area contributed by atoms with Crippen molar-refractivity contribution in [2.24, 2.45) is 0 Å². The van der Waals surface area contributed by atoms with Crippen LogP contribution < -0.4 is 4.74 Å². The van der Waals surface area contributed by atoms with Gasteiger partial charge in [-0.1, -0.05) is 17.7 Å². The van der Waals surface area contributed by atoms with Gasteiger partial charge in [-0.05, 0) is 49.6 Å². The highest BCUT2D eigenvalue weighted by Crippen LogP contribution is 2.21. The van der Waals surface area contributed by atoms with E-state index in [2.05, 4.69) is 12.1 Å². The summed E-state index contributed by atoms with van der Waals surface area (Å²) in [7, 11) is 0. The average molecular weight is 288 g/mol. The van der Waals surface area contributed by atoms with Gasteiger partial charge < -0.3 is 9.84 Å². The molecule has 3 nitrogen and oxygen atoms in total. The molecule has 0 aromatic heterocycles. The van der Waals surface area contributed by atoms with Crippen molar-refractivity contribution in [1.82, 2.24) is 0 Å². The number of carbonyl (C=O) groups is 1. The van der Waals surface area contributed by atoms with E-state index in [0.29, 0.717) is 0 Å². The molecule has 0 amide bonds. The molecule has 0 unspecified atom stereocenters. The normalized spacial score (nSPS) is 10.5. The van der Waals surface area contributed by atoms with Crippen LogP contribution in [0.5, 0.6) is 5.75 Å². The molecular weight excluding hydrogens is 271 g/mol. The Morgan fingerprint density at radius 2 is 1.71 bits per heavy atom. The Kier molecular flexibility index (Phi) is 4.26. The molecular formula is C17H17FO3. The van der Waals surface area contributed by atoms with Gasteiger partial charge in [0, 0.05) is 6.07 Å². The van der Waals surface area contributed by atoms with Crippen molar-refractivity contribution >= 4 is 5.97 Å². The number of hydrogen-bond donors (Lipinski definition) is 1. The Bertz CT molecular complexity index is 669. The number of benzene rings is 2. The van der Waals surface area contributed by atoms with Gasteiger partial charge in [0.15, 0.2) is 0 Å². The zero-order valence-electron chi connectivity index (χ0n) is 12.2. The number of halogens is 1. The summed E-state index contributed by atoms with van der Waals surface area (Å²) in [5, 5.41) is 8.92. The fraction of sp³-hybridized carbons (Fsp3) is 0.235. The lowest BCUT2D eigenvalue weighted by atomic mass is 10.0. The molecule has 0 saturated heterocycles. The van der Waals surface area contributed by atoms with Crippen LogP contribution in [0.3, 0.4) is 0 Å². The van der Waals surface area contributed by atoms with E-state index >= 15 is 0 Å². The van der Waals surface area contributed by atoms with Crippen molar-refractivity contribution in [3.8, 4) is 5.75 Å². The van der Waals surface area contributed by atoms with Crippen molar-refractivity contribution in [2.75, 3.05) is 0 Å². The lowest BCUT2D eigenvalue weighted by Crippen LogP contribution is -2.03. The second kappa shape index (κ2) is 5.95. The fourth-order valence-electron chi connectivity index (χ4n) is 2.36. The fourth-order valence-corrected chi connectivity index (χ4v) is 2.36. The van der Waals surface area contributed by atoms with Gasteiger partial charge in [-0.25, -0.2) is 9.18 Å². The third kappa shape index (κ3) is 3.60. The number of aromatic carboxylic acids is 1. The molecule has 0 atom stereocenters. The van der Waals surface area contributed by atoms with E-state index in [9.17, 15) is 9.18 Å². The molecule has 0 aliphatic rings. The minimum absolute atomic E-state index is 0.123. The standard InChI is InChI=1S/C17H17FO3/c1-10-4-11(2)16(12(3)5-10)9-21-15-7-13(17(19)20)6-14(18)8-15/h4-8H,9H2,1-3H3,(H,19,20).